The van der Waals surface area contributed by atoms with Crippen LogP contribution in [-0.2, 0) is 0 Å². The molecule has 4 nitrogen and oxygen atoms in total. The Morgan fingerprint density at radius 1 is 1.56 bits per heavy atom. The van der Waals surface area contributed by atoms with Gasteiger partial charge in [-0.15, -0.1) is 0 Å². The third-order valence-corrected chi connectivity index (χ3v) is 3.76. The van der Waals surface area contributed by atoms with E-state index in [0.717, 1.165) is 12.8 Å². The number of phenols is 1. The first-order chi connectivity index (χ1) is 8.56. The van der Waals surface area contributed by atoms with Gasteiger partial charge in [-0.1, -0.05) is 6.07 Å². The van der Waals surface area contributed by atoms with Gasteiger partial charge in [-0.05, 0) is 37.8 Å². The summed E-state index contributed by atoms with van der Waals surface area (Å²) in [7, 11) is 1.79. The highest BCUT2D eigenvalue weighted by molar-refractivity contribution is 5.96. The molecule has 0 saturated heterocycles. The maximum absolute atomic E-state index is 12.4. The van der Waals surface area contributed by atoms with Gasteiger partial charge >= 0.3 is 0 Å². The van der Waals surface area contributed by atoms with E-state index in [0.29, 0.717) is 23.6 Å². The summed E-state index contributed by atoms with van der Waals surface area (Å²) >= 11 is 0. The van der Waals surface area contributed by atoms with E-state index < -0.39 is 0 Å². The predicted octanol–water partition coefficient (Wildman–Crippen LogP) is 1.51. The number of carbonyl (C=O) groups is 1. The number of phenolic OH excluding ortho intramolecular Hbond substituents is 1. The van der Waals surface area contributed by atoms with Crippen molar-refractivity contribution in [1.82, 2.24) is 4.90 Å². The molecule has 1 atom stereocenters. The van der Waals surface area contributed by atoms with Crippen molar-refractivity contribution in [2.45, 2.75) is 25.8 Å². The fourth-order valence-corrected chi connectivity index (χ4v) is 2.34. The quantitative estimate of drug-likeness (QED) is 0.848. The van der Waals surface area contributed by atoms with Gasteiger partial charge in [0.2, 0.25) is 0 Å². The average Bonchev–Trinajstić information content (AvgIpc) is 3.17. The molecule has 1 saturated carbocycles. The zero-order valence-electron chi connectivity index (χ0n) is 10.9. The third-order valence-electron chi connectivity index (χ3n) is 3.76. The highest BCUT2D eigenvalue weighted by Crippen LogP contribution is 2.35. The minimum atomic E-state index is -0.0641. The van der Waals surface area contributed by atoms with E-state index in [1.165, 1.54) is 0 Å². The zero-order chi connectivity index (χ0) is 13.3. The van der Waals surface area contributed by atoms with Crippen molar-refractivity contribution in [2.75, 3.05) is 13.6 Å². The number of nitrogens with two attached hydrogens (primary N) is 1. The van der Waals surface area contributed by atoms with Crippen LogP contribution in [0.4, 0.5) is 0 Å². The SMILES string of the molecule is Cc1c(O)cccc1C(=O)N(C)C(CN)C1CC1. The summed E-state index contributed by atoms with van der Waals surface area (Å²) < 4.78 is 0. The van der Waals surface area contributed by atoms with Crippen molar-refractivity contribution in [3.8, 4) is 5.75 Å². The zero-order valence-corrected chi connectivity index (χ0v) is 10.9. The molecule has 1 aliphatic rings. The van der Waals surface area contributed by atoms with Crippen LogP contribution < -0.4 is 5.73 Å². The number of amides is 1. The topological polar surface area (TPSA) is 66.6 Å². The van der Waals surface area contributed by atoms with Crippen molar-refractivity contribution in [2.24, 2.45) is 11.7 Å². The monoisotopic (exact) mass is 248 g/mol. The molecule has 0 aliphatic heterocycles. The second-order valence-electron chi connectivity index (χ2n) is 5.01. The van der Waals surface area contributed by atoms with E-state index in [1.54, 1.807) is 37.1 Å². The van der Waals surface area contributed by atoms with E-state index in [2.05, 4.69) is 0 Å². The van der Waals surface area contributed by atoms with Crippen LogP contribution in [0.5, 0.6) is 5.75 Å². The molecule has 0 bridgehead atoms. The Morgan fingerprint density at radius 2 is 2.22 bits per heavy atom. The Labute approximate surface area is 107 Å². The van der Waals surface area contributed by atoms with Crippen LogP contribution >= 0.6 is 0 Å². The highest BCUT2D eigenvalue weighted by atomic mass is 16.3. The van der Waals surface area contributed by atoms with E-state index >= 15 is 0 Å². The second kappa shape index (κ2) is 4.98. The maximum Gasteiger partial charge on any atom is 0.254 e. The molecular formula is C14H20N2O2. The Hall–Kier alpha value is -1.55. The number of hydrogen-bond acceptors (Lipinski definition) is 3. The number of nitrogens with zero attached hydrogens (tertiary/aromatic N) is 1. The Kier molecular flexibility index (Phi) is 3.57. The van der Waals surface area contributed by atoms with E-state index in [-0.39, 0.29) is 17.7 Å². The standard InChI is InChI=1S/C14H20N2O2/c1-9-11(4-3-5-13(9)17)14(18)16(2)12(8-15)10-6-7-10/h3-5,10,12,17H,6-8,15H2,1-2H3. The minimum absolute atomic E-state index is 0.0641. The molecule has 2 rings (SSSR count). The number of rotatable bonds is 4. The summed E-state index contributed by atoms with van der Waals surface area (Å²) in [4.78, 5) is 14.1. The van der Waals surface area contributed by atoms with Gasteiger partial charge < -0.3 is 15.7 Å². The summed E-state index contributed by atoms with van der Waals surface area (Å²) in [5.74, 6) is 0.636. The van der Waals surface area contributed by atoms with Gasteiger partial charge in [0.15, 0.2) is 0 Å². The maximum atomic E-state index is 12.4. The Balaban J connectivity index is 2.22. The molecule has 0 heterocycles. The first-order valence-electron chi connectivity index (χ1n) is 6.32. The van der Waals surface area contributed by atoms with E-state index in [4.69, 9.17) is 5.73 Å². The van der Waals surface area contributed by atoms with Crippen LogP contribution in [-0.4, -0.2) is 35.5 Å². The molecule has 1 unspecified atom stereocenters. The lowest BCUT2D eigenvalue weighted by molar-refractivity contribution is 0.0717. The number of carbonyl (C=O) groups excluding carboxylic acids is 1. The number of hydrogen-bond donors (Lipinski definition) is 2. The van der Waals surface area contributed by atoms with Gasteiger partial charge in [0.05, 0.1) is 0 Å². The van der Waals surface area contributed by atoms with E-state index in [9.17, 15) is 9.90 Å². The van der Waals surface area contributed by atoms with Crippen molar-refractivity contribution < 1.29 is 9.90 Å². The molecule has 1 amide bonds. The Morgan fingerprint density at radius 3 is 2.78 bits per heavy atom. The van der Waals surface area contributed by atoms with Crippen LogP contribution in [0.3, 0.4) is 0 Å². The number of likely N-dealkylation sites (N-methyl/N-ethyl adjacent to an activating group) is 1. The molecule has 1 aromatic carbocycles. The predicted molar refractivity (Wildman–Crippen MR) is 70.5 cm³/mol. The summed E-state index contributed by atoms with van der Waals surface area (Å²) in [5, 5.41) is 9.65. The molecule has 0 aromatic heterocycles. The summed E-state index contributed by atoms with van der Waals surface area (Å²) in [6.45, 7) is 2.25. The van der Waals surface area contributed by atoms with Gasteiger partial charge in [-0.2, -0.15) is 0 Å². The van der Waals surface area contributed by atoms with Crippen LogP contribution in [0.2, 0.25) is 0 Å². The van der Waals surface area contributed by atoms with Gasteiger partial charge in [0.25, 0.3) is 5.91 Å². The Bertz CT molecular complexity index is 455. The van der Waals surface area contributed by atoms with Crippen LogP contribution in [0.1, 0.15) is 28.8 Å². The normalized spacial score (nSPS) is 16.4. The number of aromatic hydroxyl groups is 1. The lowest BCUT2D eigenvalue weighted by atomic mass is 10.0. The molecule has 3 N–H and O–H groups in total. The molecular weight excluding hydrogens is 228 g/mol. The minimum Gasteiger partial charge on any atom is -0.508 e. The van der Waals surface area contributed by atoms with E-state index in [1.807, 2.05) is 0 Å². The molecule has 0 spiro atoms. The smallest absolute Gasteiger partial charge is 0.254 e. The lowest BCUT2D eigenvalue weighted by Gasteiger charge is -2.27. The van der Waals surface area contributed by atoms with Crippen LogP contribution in [0, 0.1) is 12.8 Å². The summed E-state index contributed by atoms with van der Waals surface area (Å²) in [6, 6.07) is 5.14. The molecule has 18 heavy (non-hydrogen) atoms. The third kappa shape index (κ3) is 2.34. The average molecular weight is 248 g/mol. The van der Waals surface area contributed by atoms with Crippen molar-refractivity contribution in [3.05, 3.63) is 29.3 Å². The van der Waals surface area contributed by atoms with Crippen molar-refractivity contribution in [3.63, 3.8) is 0 Å². The summed E-state index contributed by atoms with van der Waals surface area (Å²) in [5.41, 5.74) is 6.93. The second-order valence-corrected chi connectivity index (χ2v) is 5.01. The molecule has 1 aliphatic carbocycles. The van der Waals surface area contributed by atoms with Crippen molar-refractivity contribution >= 4 is 5.91 Å². The fraction of sp³-hybridized carbons (Fsp3) is 0.500. The molecule has 1 aromatic rings. The van der Waals surface area contributed by atoms with Gasteiger partial charge in [0.1, 0.15) is 5.75 Å². The van der Waals surface area contributed by atoms with Gasteiger partial charge in [-0.25, -0.2) is 0 Å². The summed E-state index contributed by atoms with van der Waals surface area (Å²) in [6.07, 6.45) is 2.30. The van der Waals surface area contributed by atoms with Gasteiger partial charge in [-0.3, -0.25) is 4.79 Å². The molecule has 4 heteroatoms. The number of benzene rings is 1. The van der Waals surface area contributed by atoms with Crippen LogP contribution in [0.25, 0.3) is 0 Å². The van der Waals surface area contributed by atoms with Gasteiger partial charge in [0, 0.05) is 30.8 Å². The molecule has 0 radical (unpaired) electrons. The van der Waals surface area contributed by atoms with Crippen molar-refractivity contribution in [1.29, 1.82) is 0 Å². The molecule has 1 fully saturated rings. The first-order valence-corrected chi connectivity index (χ1v) is 6.32. The lowest BCUT2D eigenvalue weighted by Crippen LogP contribution is -2.43. The first kappa shape index (κ1) is 12.9. The fourth-order valence-electron chi connectivity index (χ4n) is 2.34. The highest BCUT2D eigenvalue weighted by Gasteiger charge is 2.35. The largest absolute Gasteiger partial charge is 0.508 e. The molecule has 98 valence electrons. The van der Waals surface area contributed by atoms with Crippen LogP contribution in [0.15, 0.2) is 18.2 Å².